The standard InChI is InChI=1S/C20H34N4O.HI/c1-3-21-19(24-13-8-16(15-24)23-11-5-6-12-23)22-17-14-18(25-4-2)20(17)9-7-10-20;/h5-6,16-18H,3-4,7-15H2,1-2H3,(H,21,22);1H. The lowest BCUT2D eigenvalue weighted by atomic mass is 9.51. The zero-order valence-corrected chi connectivity index (χ0v) is 18.7. The predicted octanol–water partition coefficient (Wildman–Crippen LogP) is 2.86. The molecule has 0 amide bonds. The van der Waals surface area contributed by atoms with Gasteiger partial charge in [-0.3, -0.25) is 9.89 Å². The van der Waals surface area contributed by atoms with E-state index >= 15 is 0 Å². The Morgan fingerprint density at radius 1 is 1.27 bits per heavy atom. The van der Waals surface area contributed by atoms with Gasteiger partial charge in [-0.25, -0.2) is 0 Å². The maximum absolute atomic E-state index is 6.01. The largest absolute Gasteiger partial charge is 0.378 e. The number of halogens is 1. The monoisotopic (exact) mass is 474 g/mol. The molecule has 2 heterocycles. The maximum Gasteiger partial charge on any atom is 0.194 e. The Morgan fingerprint density at radius 2 is 2.04 bits per heavy atom. The molecule has 1 spiro atoms. The Morgan fingerprint density at radius 3 is 2.65 bits per heavy atom. The van der Waals surface area contributed by atoms with Crippen molar-refractivity contribution < 1.29 is 4.74 Å². The van der Waals surface area contributed by atoms with Crippen LogP contribution in [0.15, 0.2) is 17.1 Å². The molecule has 6 heteroatoms. The SMILES string of the molecule is CCN=C(NC1CC(OCC)C12CCC2)N1CCC(N2CC=CC2)C1.I. The van der Waals surface area contributed by atoms with Crippen molar-refractivity contribution in [1.82, 2.24) is 15.1 Å². The summed E-state index contributed by atoms with van der Waals surface area (Å²) in [4.78, 5) is 9.92. The van der Waals surface area contributed by atoms with E-state index in [0.29, 0.717) is 23.6 Å². The summed E-state index contributed by atoms with van der Waals surface area (Å²) in [5.74, 6) is 1.14. The van der Waals surface area contributed by atoms with Gasteiger partial charge in [-0.1, -0.05) is 18.6 Å². The number of hydrogen-bond acceptors (Lipinski definition) is 3. The van der Waals surface area contributed by atoms with E-state index in [4.69, 9.17) is 9.73 Å². The summed E-state index contributed by atoms with van der Waals surface area (Å²) in [6.07, 6.45) is 11.4. The summed E-state index contributed by atoms with van der Waals surface area (Å²) < 4.78 is 6.01. The molecule has 0 aromatic carbocycles. The molecule has 1 N–H and O–H groups in total. The van der Waals surface area contributed by atoms with E-state index in [1.807, 2.05) is 0 Å². The number of rotatable bonds is 5. The summed E-state index contributed by atoms with van der Waals surface area (Å²) in [7, 11) is 0. The fourth-order valence-electron chi connectivity index (χ4n) is 5.21. The lowest BCUT2D eigenvalue weighted by Crippen LogP contribution is -2.68. The van der Waals surface area contributed by atoms with Crippen LogP contribution in [0.2, 0.25) is 0 Å². The zero-order valence-electron chi connectivity index (χ0n) is 16.3. The van der Waals surface area contributed by atoms with E-state index in [2.05, 4.69) is 41.1 Å². The molecule has 4 rings (SSSR count). The molecule has 4 aliphatic rings. The summed E-state index contributed by atoms with van der Waals surface area (Å²) in [6.45, 7) is 10.4. The number of ether oxygens (including phenoxy) is 1. The summed E-state index contributed by atoms with van der Waals surface area (Å²) in [6, 6.07) is 1.23. The molecule has 26 heavy (non-hydrogen) atoms. The van der Waals surface area contributed by atoms with Gasteiger partial charge in [0.1, 0.15) is 0 Å². The van der Waals surface area contributed by atoms with Crippen LogP contribution in [0.1, 0.15) is 46.0 Å². The van der Waals surface area contributed by atoms with Gasteiger partial charge in [-0.15, -0.1) is 24.0 Å². The number of nitrogens with zero attached hydrogens (tertiary/aromatic N) is 3. The van der Waals surface area contributed by atoms with Gasteiger partial charge in [-0.2, -0.15) is 0 Å². The first kappa shape index (κ1) is 20.4. The topological polar surface area (TPSA) is 40.1 Å². The fourth-order valence-corrected chi connectivity index (χ4v) is 5.21. The summed E-state index contributed by atoms with van der Waals surface area (Å²) in [5.41, 5.74) is 0.391. The van der Waals surface area contributed by atoms with Gasteiger partial charge < -0.3 is 15.0 Å². The Kier molecular flexibility index (Phi) is 6.88. The molecule has 5 nitrogen and oxygen atoms in total. The smallest absolute Gasteiger partial charge is 0.194 e. The molecular formula is C20H35IN4O. The summed E-state index contributed by atoms with van der Waals surface area (Å²) >= 11 is 0. The van der Waals surface area contributed by atoms with E-state index in [0.717, 1.165) is 51.7 Å². The van der Waals surface area contributed by atoms with Gasteiger partial charge in [-0.05, 0) is 39.5 Å². The Labute approximate surface area is 175 Å². The molecule has 148 valence electrons. The van der Waals surface area contributed by atoms with Crippen LogP contribution in [-0.4, -0.2) is 73.3 Å². The van der Waals surface area contributed by atoms with Gasteiger partial charge in [0.05, 0.1) is 6.10 Å². The first-order valence-electron chi connectivity index (χ1n) is 10.3. The lowest BCUT2D eigenvalue weighted by molar-refractivity contribution is -0.168. The third-order valence-corrected chi connectivity index (χ3v) is 6.87. The fraction of sp³-hybridized carbons (Fsp3) is 0.850. The molecule has 1 saturated heterocycles. The molecule has 2 saturated carbocycles. The van der Waals surface area contributed by atoms with Crippen LogP contribution in [0.4, 0.5) is 0 Å². The average Bonchev–Trinajstić information content (AvgIpc) is 3.22. The van der Waals surface area contributed by atoms with Crippen LogP contribution in [0, 0.1) is 5.41 Å². The van der Waals surface area contributed by atoms with Gasteiger partial charge in [0.25, 0.3) is 0 Å². The molecule has 3 unspecified atom stereocenters. The lowest BCUT2D eigenvalue weighted by Gasteiger charge is -2.61. The second-order valence-electron chi connectivity index (χ2n) is 8.08. The van der Waals surface area contributed by atoms with Crippen molar-refractivity contribution in [2.75, 3.05) is 39.3 Å². The van der Waals surface area contributed by atoms with Gasteiger partial charge in [0, 0.05) is 56.8 Å². The minimum Gasteiger partial charge on any atom is -0.378 e. The van der Waals surface area contributed by atoms with Crippen LogP contribution in [-0.2, 0) is 4.74 Å². The molecule has 3 fully saturated rings. The van der Waals surface area contributed by atoms with Crippen molar-refractivity contribution in [2.24, 2.45) is 10.4 Å². The van der Waals surface area contributed by atoms with E-state index < -0.39 is 0 Å². The number of guanidine groups is 1. The van der Waals surface area contributed by atoms with Crippen molar-refractivity contribution in [2.45, 2.75) is 64.1 Å². The molecule has 0 aromatic heterocycles. The quantitative estimate of drug-likeness (QED) is 0.288. The molecule has 0 aromatic rings. The highest BCUT2D eigenvalue weighted by atomic mass is 127. The van der Waals surface area contributed by atoms with E-state index in [9.17, 15) is 0 Å². The highest BCUT2D eigenvalue weighted by Crippen LogP contribution is 2.57. The van der Waals surface area contributed by atoms with Crippen LogP contribution in [0.3, 0.4) is 0 Å². The number of nitrogens with one attached hydrogen (secondary N) is 1. The van der Waals surface area contributed by atoms with Crippen molar-refractivity contribution >= 4 is 29.9 Å². The maximum atomic E-state index is 6.01. The number of likely N-dealkylation sites (tertiary alicyclic amines) is 1. The normalized spacial score (nSPS) is 33.1. The molecule has 2 aliphatic carbocycles. The van der Waals surface area contributed by atoms with E-state index in [1.165, 1.54) is 25.7 Å². The first-order valence-corrected chi connectivity index (χ1v) is 10.3. The minimum absolute atomic E-state index is 0. The molecule has 3 atom stereocenters. The van der Waals surface area contributed by atoms with Crippen LogP contribution in [0.25, 0.3) is 0 Å². The van der Waals surface area contributed by atoms with Gasteiger partial charge in [0.2, 0.25) is 0 Å². The zero-order chi connectivity index (χ0) is 17.3. The second kappa shape index (κ2) is 8.78. The van der Waals surface area contributed by atoms with Crippen LogP contribution >= 0.6 is 24.0 Å². The minimum atomic E-state index is 0. The molecular weight excluding hydrogens is 439 g/mol. The van der Waals surface area contributed by atoms with Gasteiger partial charge in [0.15, 0.2) is 5.96 Å². The van der Waals surface area contributed by atoms with Gasteiger partial charge >= 0.3 is 0 Å². The molecule has 0 bridgehead atoms. The van der Waals surface area contributed by atoms with Crippen LogP contribution < -0.4 is 5.32 Å². The van der Waals surface area contributed by atoms with Crippen molar-refractivity contribution in [3.05, 3.63) is 12.2 Å². The first-order chi connectivity index (χ1) is 12.3. The predicted molar refractivity (Wildman–Crippen MR) is 117 cm³/mol. The van der Waals surface area contributed by atoms with Crippen molar-refractivity contribution in [1.29, 1.82) is 0 Å². The second-order valence-corrected chi connectivity index (χ2v) is 8.08. The van der Waals surface area contributed by atoms with Crippen molar-refractivity contribution in [3.63, 3.8) is 0 Å². The summed E-state index contributed by atoms with van der Waals surface area (Å²) in [5, 5.41) is 3.85. The van der Waals surface area contributed by atoms with Crippen LogP contribution in [0.5, 0.6) is 0 Å². The number of aliphatic imine (C=N–C) groups is 1. The molecule has 0 radical (unpaired) electrons. The average molecular weight is 474 g/mol. The third-order valence-electron chi connectivity index (χ3n) is 6.87. The van der Waals surface area contributed by atoms with E-state index in [-0.39, 0.29) is 24.0 Å². The van der Waals surface area contributed by atoms with Crippen molar-refractivity contribution in [3.8, 4) is 0 Å². The Bertz CT molecular complexity index is 526. The Balaban J connectivity index is 0.00000196. The Hall–Kier alpha value is -0.340. The number of hydrogen-bond donors (Lipinski definition) is 1. The third kappa shape index (κ3) is 3.65. The highest BCUT2D eigenvalue weighted by molar-refractivity contribution is 14.0. The highest BCUT2D eigenvalue weighted by Gasteiger charge is 2.59. The molecule has 2 aliphatic heterocycles. The van der Waals surface area contributed by atoms with E-state index in [1.54, 1.807) is 0 Å².